The molecule has 1 aromatic heterocycles. The second-order valence-electron chi connectivity index (χ2n) is 11.6. The van der Waals surface area contributed by atoms with Crippen molar-refractivity contribution in [1.29, 1.82) is 0 Å². The van der Waals surface area contributed by atoms with Crippen molar-refractivity contribution in [3.05, 3.63) is 52.3 Å². The molecule has 1 aliphatic carbocycles. The summed E-state index contributed by atoms with van der Waals surface area (Å²) in [6, 6.07) is 9.94. The van der Waals surface area contributed by atoms with Crippen molar-refractivity contribution >= 4 is 46.0 Å². The summed E-state index contributed by atoms with van der Waals surface area (Å²) >= 11 is 12.5. The Labute approximate surface area is 232 Å². The number of carbonyl (C=O) groups is 1. The van der Waals surface area contributed by atoms with Crippen molar-refractivity contribution in [2.75, 3.05) is 31.1 Å². The number of likely N-dealkylation sites (tertiary alicyclic amines) is 1. The van der Waals surface area contributed by atoms with Crippen LogP contribution in [0.3, 0.4) is 0 Å². The van der Waals surface area contributed by atoms with E-state index in [9.17, 15) is 9.90 Å². The number of hydrogen-bond acceptors (Lipinski definition) is 6. The number of oxazole rings is 1. The fourth-order valence-electron chi connectivity index (χ4n) is 6.47. The van der Waals surface area contributed by atoms with E-state index in [1.807, 2.05) is 32.0 Å². The summed E-state index contributed by atoms with van der Waals surface area (Å²) in [5.41, 5.74) is 2.79. The number of halogens is 2. The third kappa shape index (κ3) is 4.74. The number of carboxylic acids is 1. The molecule has 2 atom stereocenters. The van der Waals surface area contributed by atoms with Gasteiger partial charge in [0.25, 0.3) is 0 Å². The third-order valence-corrected chi connectivity index (χ3v) is 9.48. The van der Waals surface area contributed by atoms with Crippen molar-refractivity contribution in [3.8, 4) is 5.75 Å². The first-order chi connectivity index (χ1) is 18.2. The van der Waals surface area contributed by atoms with Gasteiger partial charge in [0.2, 0.25) is 0 Å². The Bertz CT molecular complexity index is 1350. The maximum atomic E-state index is 11.5. The Kier molecular flexibility index (Phi) is 6.73. The molecule has 0 bridgehead atoms. The molecule has 3 aromatic rings. The quantitative estimate of drug-likeness (QED) is 0.347. The summed E-state index contributed by atoms with van der Waals surface area (Å²) in [6.45, 7) is 8.00. The van der Waals surface area contributed by atoms with E-state index in [1.165, 1.54) is 19.2 Å². The van der Waals surface area contributed by atoms with Crippen molar-refractivity contribution in [2.45, 2.75) is 51.7 Å². The molecule has 6 rings (SSSR count). The fraction of sp³-hybridized carbons (Fsp3) is 0.517. The van der Waals surface area contributed by atoms with Crippen LogP contribution in [0.1, 0.15) is 51.2 Å². The van der Waals surface area contributed by atoms with Crippen LogP contribution >= 0.6 is 23.2 Å². The molecule has 1 N–H and O–H groups in total. The number of ether oxygens (including phenoxy) is 1. The lowest BCUT2D eigenvalue weighted by atomic mass is 9.65. The second-order valence-corrected chi connectivity index (χ2v) is 12.4. The highest BCUT2D eigenvalue weighted by Crippen LogP contribution is 2.46. The predicted molar refractivity (Wildman–Crippen MR) is 148 cm³/mol. The molecule has 0 amide bonds. The summed E-state index contributed by atoms with van der Waals surface area (Å²) < 4.78 is 12.0. The minimum absolute atomic E-state index is 0.296. The van der Waals surface area contributed by atoms with E-state index in [2.05, 4.69) is 20.9 Å². The highest BCUT2D eigenvalue weighted by atomic mass is 35.5. The number of fused-ring (bicyclic) bond motifs is 1. The standard InChI is InChI=1S/C29H33Cl2N3O4/c1-17(23-6-5-20(30)8-24(23)31)38-26-10-21(9-25-27(26)37-16-32-25)34-14-19(15-34)18-4-3-7-33(13-18)22-11-29(2,12-22)28(35)36/h5-6,8-10,16-19,22H,3-4,7,11-15H2,1-2H3,(H,35,36)/t17-,18+,22?,29?/m1/s1. The zero-order chi connectivity index (χ0) is 26.6. The van der Waals surface area contributed by atoms with E-state index < -0.39 is 11.4 Å². The Balaban J connectivity index is 1.11. The van der Waals surface area contributed by atoms with Gasteiger partial charge in [-0.2, -0.15) is 0 Å². The first kappa shape index (κ1) is 25.8. The molecule has 0 radical (unpaired) electrons. The Morgan fingerprint density at radius 3 is 2.71 bits per heavy atom. The SMILES string of the molecule is C[C@@H](Oc1cc(N2CC([C@H]3CCCN(C4CC(C)(C(=O)O)C4)C3)C2)cc2ncoc12)c1ccc(Cl)cc1Cl. The van der Waals surface area contributed by atoms with Crippen LogP contribution in [-0.2, 0) is 4.79 Å². The summed E-state index contributed by atoms with van der Waals surface area (Å²) in [4.78, 5) is 20.9. The second kappa shape index (κ2) is 9.92. The van der Waals surface area contributed by atoms with Crippen LogP contribution in [0.15, 0.2) is 41.1 Å². The first-order valence-corrected chi connectivity index (χ1v) is 14.2. The number of nitrogens with zero attached hydrogens (tertiary/aromatic N) is 3. The predicted octanol–water partition coefficient (Wildman–Crippen LogP) is 6.68. The van der Waals surface area contributed by atoms with E-state index in [-0.39, 0.29) is 6.10 Å². The van der Waals surface area contributed by atoms with Crippen LogP contribution in [0.4, 0.5) is 5.69 Å². The molecule has 0 unspecified atom stereocenters. The normalized spacial score (nSPS) is 27.1. The first-order valence-electron chi connectivity index (χ1n) is 13.4. The van der Waals surface area contributed by atoms with Gasteiger partial charge in [-0.05, 0) is 76.1 Å². The Morgan fingerprint density at radius 1 is 1.18 bits per heavy atom. The molecule has 2 saturated heterocycles. The molecule has 0 spiro atoms. The van der Waals surface area contributed by atoms with Gasteiger partial charge in [0.1, 0.15) is 11.6 Å². The van der Waals surface area contributed by atoms with Gasteiger partial charge in [-0.15, -0.1) is 0 Å². The molecule has 202 valence electrons. The topological polar surface area (TPSA) is 79.0 Å². The lowest BCUT2D eigenvalue weighted by Crippen LogP contribution is -2.58. The summed E-state index contributed by atoms with van der Waals surface area (Å²) in [7, 11) is 0. The van der Waals surface area contributed by atoms with E-state index in [1.54, 1.807) is 6.07 Å². The van der Waals surface area contributed by atoms with Gasteiger partial charge in [-0.3, -0.25) is 4.79 Å². The summed E-state index contributed by atoms with van der Waals surface area (Å²) in [6.07, 6.45) is 5.13. The van der Waals surface area contributed by atoms with E-state index in [0.29, 0.717) is 39.3 Å². The van der Waals surface area contributed by atoms with Crippen molar-refractivity contribution in [2.24, 2.45) is 17.3 Å². The fourth-order valence-corrected chi connectivity index (χ4v) is 7.03. The number of hydrogen-bond donors (Lipinski definition) is 1. The molecule has 9 heteroatoms. The van der Waals surface area contributed by atoms with Gasteiger partial charge in [-0.1, -0.05) is 29.3 Å². The van der Waals surface area contributed by atoms with Gasteiger partial charge < -0.3 is 24.1 Å². The van der Waals surface area contributed by atoms with Crippen LogP contribution < -0.4 is 9.64 Å². The molecule has 3 fully saturated rings. The lowest BCUT2D eigenvalue weighted by molar-refractivity contribution is -0.158. The van der Waals surface area contributed by atoms with Gasteiger partial charge in [0.15, 0.2) is 17.7 Å². The Morgan fingerprint density at radius 2 is 1.97 bits per heavy atom. The van der Waals surface area contributed by atoms with Crippen molar-refractivity contribution < 1.29 is 19.1 Å². The largest absolute Gasteiger partial charge is 0.482 e. The van der Waals surface area contributed by atoms with E-state index in [0.717, 1.165) is 55.8 Å². The minimum atomic E-state index is -0.657. The third-order valence-electron chi connectivity index (χ3n) is 8.92. The zero-order valence-electron chi connectivity index (χ0n) is 21.7. The van der Waals surface area contributed by atoms with E-state index in [4.69, 9.17) is 32.4 Å². The van der Waals surface area contributed by atoms with Crippen molar-refractivity contribution in [1.82, 2.24) is 9.88 Å². The molecular formula is C29H33Cl2N3O4. The number of anilines is 1. The highest BCUT2D eigenvalue weighted by molar-refractivity contribution is 6.35. The lowest BCUT2D eigenvalue weighted by Gasteiger charge is -2.52. The van der Waals surface area contributed by atoms with Crippen molar-refractivity contribution in [3.63, 3.8) is 0 Å². The van der Waals surface area contributed by atoms with Crippen LogP contribution in [-0.4, -0.2) is 53.2 Å². The minimum Gasteiger partial charge on any atom is -0.482 e. The highest BCUT2D eigenvalue weighted by Gasteiger charge is 2.49. The van der Waals surface area contributed by atoms with Gasteiger partial charge in [-0.25, -0.2) is 4.98 Å². The zero-order valence-corrected chi connectivity index (χ0v) is 23.2. The molecular weight excluding hydrogens is 525 g/mol. The maximum absolute atomic E-state index is 11.5. The van der Waals surface area contributed by atoms with Crippen LogP contribution in [0, 0.1) is 17.3 Å². The van der Waals surface area contributed by atoms with Gasteiger partial charge in [0.05, 0.1) is 5.41 Å². The molecule has 3 heterocycles. The number of carboxylic acid groups (broad SMARTS) is 1. The average Bonchev–Trinajstić information content (AvgIpc) is 3.30. The number of aromatic nitrogens is 1. The van der Waals surface area contributed by atoms with Crippen LogP contribution in [0.2, 0.25) is 10.0 Å². The van der Waals surface area contributed by atoms with Gasteiger partial charge >= 0.3 is 5.97 Å². The number of aliphatic carboxylic acids is 1. The van der Waals surface area contributed by atoms with Crippen LogP contribution in [0.25, 0.3) is 11.1 Å². The number of benzene rings is 2. The summed E-state index contributed by atoms with van der Waals surface area (Å²) in [5, 5.41) is 10.6. The smallest absolute Gasteiger partial charge is 0.309 e. The molecule has 3 aliphatic rings. The maximum Gasteiger partial charge on any atom is 0.309 e. The molecule has 1 saturated carbocycles. The van der Waals surface area contributed by atoms with Gasteiger partial charge in [0, 0.05) is 53.0 Å². The number of piperidine rings is 1. The summed E-state index contributed by atoms with van der Waals surface area (Å²) in [5.74, 6) is 1.27. The van der Waals surface area contributed by atoms with E-state index >= 15 is 0 Å². The molecule has 2 aromatic carbocycles. The molecule has 2 aliphatic heterocycles. The van der Waals surface area contributed by atoms with Crippen LogP contribution in [0.5, 0.6) is 5.75 Å². The Hall–Kier alpha value is -2.48. The molecule has 38 heavy (non-hydrogen) atoms. The number of rotatable bonds is 7. The monoisotopic (exact) mass is 557 g/mol. The average molecular weight is 559 g/mol. The molecule has 7 nitrogen and oxygen atoms in total.